The Labute approximate surface area is 202 Å². The highest BCUT2D eigenvalue weighted by atomic mass is 127. The first-order chi connectivity index (χ1) is 14.8. The molecule has 2 aliphatic rings. The molecule has 2 aromatic rings. The van der Waals surface area contributed by atoms with Crippen LogP contribution in [0, 0.1) is 0 Å². The first-order valence-corrected chi connectivity index (χ1v) is 11.0. The molecular formula is C23H34IN5O2. The van der Waals surface area contributed by atoms with Gasteiger partial charge < -0.3 is 24.6 Å². The average Bonchev–Trinajstić information content (AvgIpc) is 3.33. The predicted octanol–water partition coefficient (Wildman–Crippen LogP) is 3.53. The number of guanidine groups is 1. The van der Waals surface area contributed by atoms with Crippen molar-refractivity contribution in [3.05, 3.63) is 48.4 Å². The maximum atomic E-state index is 10.1. The van der Waals surface area contributed by atoms with Crippen molar-refractivity contribution in [1.82, 2.24) is 15.1 Å². The summed E-state index contributed by atoms with van der Waals surface area (Å²) < 4.78 is 5.77. The van der Waals surface area contributed by atoms with E-state index in [1.54, 1.807) is 12.3 Å². The largest absolute Gasteiger partial charge is 0.506 e. The highest BCUT2D eigenvalue weighted by molar-refractivity contribution is 14.0. The van der Waals surface area contributed by atoms with E-state index in [4.69, 9.17) is 4.42 Å². The van der Waals surface area contributed by atoms with Gasteiger partial charge in [-0.3, -0.25) is 9.89 Å². The van der Waals surface area contributed by atoms with Gasteiger partial charge in [0, 0.05) is 39.8 Å². The molecule has 2 fully saturated rings. The van der Waals surface area contributed by atoms with Gasteiger partial charge in [-0.2, -0.15) is 0 Å². The molecule has 170 valence electrons. The summed E-state index contributed by atoms with van der Waals surface area (Å²) in [5.74, 6) is 2.29. The van der Waals surface area contributed by atoms with Gasteiger partial charge in [0.15, 0.2) is 5.96 Å². The van der Waals surface area contributed by atoms with Gasteiger partial charge in [0.2, 0.25) is 0 Å². The molecule has 4 rings (SSSR count). The fourth-order valence-electron chi connectivity index (χ4n) is 4.53. The number of piperazine rings is 1. The van der Waals surface area contributed by atoms with Crippen molar-refractivity contribution in [2.45, 2.75) is 25.3 Å². The molecule has 0 spiro atoms. The molecule has 3 heterocycles. The Hall–Kier alpha value is -1.94. The normalized spacial score (nSPS) is 19.1. The number of phenolic OH excluding ortho intramolecular Hbond substituents is 1. The lowest BCUT2D eigenvalue weighted by Crippen LogP contribution is -2.53. The van der Waals surface area contributed by atoms with Gasteiger partial charge in [-0.05, 0) is 50.2 Å². The van der Waals surface area contributed by atoms with Crippen molar-refractivity contribution < 1.29 is 9.52 Å². The van der Waals surface area contributed by atoms with Gasteiger partial charge in [0.25, 0.3) is 0 Å². The summed E-state index contributed by atoms with van der Waals surface area (Å²) in [4.78, 5) is 11.6. The Kier molecular flexibility index (Phi) is 8.89. The summed E-state index contributed by atoms with van der Waals surface area (Å²) >= 11 is 0. The van der Waals surface area contributed by atoms with Crippen LogP contribution in [0.1, 0.15) is 31.1 Å². The second-order valence-electron chi connectivity index (χ2n) is 8.02. The molecule has 0 saturated carbocycles. The molecule has 0 aliphatic carbocycles. The maximum absolute atomic E-state index is 10.1. The Bertz CT molecular complexity index is 815. The summed E-state index contributed by atoms with van der Waals surface area (Å²) in [5, 5.41) is 13.7. The molecule has 31 heavy (non-hydrogen) atoms. The van der Waals surface area contributed by atoms with Gasteiger partial charge in [0.1, 0.15) is 11.5 Å². The van der Waals surface area contributed by atoms with Crippen molar-refractivity contribution in [2.75, 3.05) is 57.8 Å². The number of halogens is 1. The van der Waals surface area contributed by atoms with Crippen molar-refractivity contribution >= 4 is 35.6 Å². The van der Waals surface area contributed by atoms with E-state index in [0.717, 1.165) is 63.2 Å². The number of anilines is 1. The molecule has 1 atom stereocenters. The van der Waals surface area contributed by atoms with E-state index >= 15 is 0 Å². The van der Waals surface area contributed by atoms with Crippen molar-refractivity contribution in [3.63, 3.8) is 0 Å². The third-order valence-corrected chi connectivity index (χ3v) is 6.17. The monoisotopic (exact) mass is 539 g/mol. The van der Waals surface area contributed by atoms with Crippen molar-refractivity contribution in [3.8, 4) is 5.75 Å². The van der Waals surface area contributed by atoms with Gasteiger partial charge in [-0.15, -0.1) is 24.0 Å². The zero-order chi connectivity index (χ0) is 20.8. The minimum atomic E-state index is 0. The number of aromatic hydroxyl groups is 1. The van der Waals surface area contributed by atoms with Crippen molar-refractivity contribution in [1.29, 1.82) is 0 Å². The Morgan fingerprint density at radius 2 is 1.77 bits per heavy atom. The maximum Gasteiger partial charge on any atom is 0.193 e. The number of hydrogen-bond acceptors (Lipinski definition) is 5. The first-order valence-electron chi connectivity index (χ1n) is 11.0. The standard InChI is InChI=1S/C23H33N5O2.HI/c1-24-23(28-15-13-27(14-16-28)19-8-3-4-9-21(19)29)25-18-20(22-10-7-17-30-22)26-11-5-2-6-12-26;/h3-4,7-10,17,20,29H,2,5-6,11-16,18H2,1H3,(H,24,25);1H. The Balaban J connectivity index is 0.00000272. The fraction of sp³-hybridized carbons (Fsp3) is 0.522. The summed E-state index contributed by atoms with van der Waals surface area (Å²) in [7, 11) is 1.85. The van der Waals surface area contributed by atoms with Gasteiger partial charge >= 0.3 is 0 Å². The first kappa shape index (κ1) is 23.7. The van der Waals surface area contributed by atoms with E-state index in [1.165, 1.54) is 19.3 Å². The molecule has 1 unspecified atom stereocenters. The lowest BCUT2D eigenvalue weighted by molar-refractivity contribution is 0.145. The summed E-state index contributed by atoms with van der Waals surface area (Å²) in [6, 6.07) is 11.8. The number of benzene rings is 1. The van der Waals surface area contributed by atoms with Crippen LogP contribution in [0.3, 0.4) is 0 Å². The average molecular weight is 539 g/mol. The Morgan fingerprint density at radius 1 is 1.03 bits per heavy atom. The number of phenols is 1. The quantitative estimate of drug-likeness (QED) is 0.345. The molecule has 1 aromatic heterocycles. The number of furan rings is 1. The molecule has 7 nitrogen and oxygen atoms in total. The van der Waals surface area contributed by atoms with Crippen LogP contribution < -0.4 is 10.2 Å². The number of para-hydroxylation sites is 2. The number of piperidine rings is 1. The SMILES string of the molecule is CN=C(NCC(c1ccco1)N1CCCCC1)N1CCN(c2ccccc2O)CC1.I. The molecule has 2 aliphatic heterocycles. The molecule has 0 amide bonds. The van der Waals surface area contributed by atoms with Crippen LogP contribution in [-0.2, 0) is 0 Å². The molecule has 1 aromatic carbocycles. The molecule has 2 N–H and O–H groups in total. The number of nitrogens with zero attached hydrogens (tertiary/aromatic N) is 4. The van der Waals surface area contributed by atoms with Crippen LogP contribution in [0.5, 0.6) is 5.75 Å². The van der Waals surface area contributed by atoms with E-state index in [2.05, 4.69) is 31.1 Å². The third kappa shape index (κ3) is 5.85. The number of aliphatic imine (C=N–C) groups is 1. The topological polar surface area (TPSA) is 67.5 Å². The smallest absolute Gasteiger partial charge is 0.193 e. The van der Waals surface area contributed by atoms with Gasteiger partial charge in [0.05, 0.1) is 18.0 Å². The molecule has 2 saturated heterocycles. The van der Waals surface area contributed by atoms with E-state index in [9.17, 15) is 5.11 Å². The second kappa shape index (κ2) is 11.6. The highest BCUT2D eigenvalue weighted by Gasteiger charge is 2.26. The predicted molar refractivity (Wildman–Crippen MR) is 136 cm³/mol. The highest BCUT2D eigenvalue weighted by Crippen LogP contribution is 2.27. The van der Waals surface area contributed by atoms with Gasteiger partial charge in [-0.1, -0.05) is 18.6 Å². The van der Waals surface area contributed by atoms with Gasteiger partial charge in [-0.25, -0.2) is 0 Å². The zero-order valence-electron chi connectivity index (χ0n) is 18.2. The van der Waals surface area contributed by atoms with E-state index in [0.29, 0.717) is 5.75 Å². The summed E-state index contributed by atoms with van der Waals surface area (Å²) in [5.41, 5.74) is 0.906. The number of likely N-dealkylation sites (tertiary alicyclic amines) is 1. The number of rotatable bonds is 5. The summed E-state index contributed by atoms with van der Waals surface area (Å²) in [6.45, 7) is 6.44. The number of hydrogen-bond donors (Lipinski definition) is 2. The molecule has 8 heteroatoms. The van der Waals surface area contributed by atoms with Crippen LogP contribution in [0.4, 0.5) is 5.69 Å². The second-order valence-corrected chi connectivity index (χ2v) is 8.02. The van der Waals surface area contributed by atoms with E-state index < -0.39 is 0 Å². The third-order valence-electron chi connectivity index (χ3n) is 6.17. The molecular weight excluding hydrogens is 505 g/mol. The number of nitrogens with one attached hydrogen (secondary N) is 1. The van der Waals surface area contributed by atoms with Crippen LogP contribution in [0.2, 0.25) is 0 Å². The van der Waals surface area contributed by atoms with Crippen LogP contribution in [0.15, 0.2) is 52.1 Å². The van der Waals surface area contributed by atoms with Crippen molar-refractivity contribution in [2.24, 2.45) is 4.99 Å². The van der Waals surface area contributed by atoms with Crippen LogP contribution >= 0.6 is 24.0 Å². The minimum Gasteiger partial charge on any atom is -0.506 e. The molecule has 0 bridgehead atoms. The molecule has 0 radical (unpaired) electrons. The van der Waals surface area contributed by atoms with Crippen LogP contribution in [0.25, 0.3) is 0 Å². The summed E-state index contributed by atoms with van der Waals surface area (Å²) in [6.07, 6.45) is 5.58. The van der Waals surface area contributed by atoms with E-state index in [-0.39, 0.29) is 30.0 Å². The lowest BCUT2D eigenvalue weighted by atomic mass is 10.1. The fourth-order valence-corrected chi connectivity index (χ4v) is 4.53. The zero-order valence-corrected chi connectivity index (χ0v) is 20.6. The lowest BCUT2D eigenvalue weighted by Gasteiger charge is -2.39. The van der Waals surface area contributed by atoms with Crippen LogP contribution in [-0.4, -0.2) is 73.7 Å². The minimum absolute atomic E-state index is 0. The van der Waals surface area contributed by atoms with E-state index in [1.807, 2.05) is 31.3 Å². The Morgan fingerprint density at radius 3 is 2.42 bits per heavy atom.